The van der Waals surface area contributed by atoms with E-state index in [-0.39, 0.29) is 0 Å². The van der Waals surface area contributed by atoms with Gasteiger partial charge in [-0.05, 0) is 37.2 Å². The minimum Gasteiger partial charge on any atom is -0.396 e. The lowest BCUT2D eigenvalue weighted by Crippen LogP contribution is -2.00. The second-order valence-corrected chi connectivity index (χ2v) is 4.54. The number of alkyl halides is 1. The van der Waals surface area contributed by atoms with Crippen molar-refractivity contribution in [3.63, 3.8) is 0 Å². The van der Waals surface area contributed by atoms with E-state index in [9.17, 15) is 0 Å². The number of halogens is 1. The summed E-state index contributed by atoms with van der Waals surface area (Å²) in [6.45, 7) is 0.291. The fourth-order valence-electron chi connectivity index (χ4n) is 2.03. The van der Waals surface area contributed by atoms with E-state index in [4.69, 9.17) is 16.7 Å². The molecule has 1 aromatic rings. The first-order valence-corrected chi connectivity index (χ1v) is 6.63. The molecule has 0 fully saturated rings. The Hall–Kier alpha value is -0.530. The first-order chi connectivity index (χ1) is 7.88. The molecule has 0 saturated heterocycles. The molecule has 16 heavy (non-hydrogen) atoms. The third-order valence-corrected chi connectivity index (χ3v) is 3.19. The molecule has 1 N–H and O–H groups in total. The van der Waals surface area contributed by atoms with Gasteiger partial charge in [-0.3, -0.25) is 0 Å². The van der Waals surface area contributed by atoms with Crippen LogP contribution in [0.3, 0.4) is 0 Å². The van der Waals surface area contributed by atoms with Crippen LogP contribution in [0.4, 0.5) is 0 Å². The maximum atomic E-state index is 8.91. The number of aliphatic hydroxyl groups is 1. The van der Waals surface area contributed by atoms with Crippen molar-refractivity contribution in [1.29, 1.82) is 0 Å². The number of rotatable bonds is 8. The molecule has 90 valence electrons. The number of aliphatic hydroxyl groups excluding tert-OH is 1. The van der Waals surface area contributed by atoms with Gasteiger partial charge in [-0.25, -0.2) is 0 Å². The second kappa shape index (κ2) is 8.60. The van der Waals surface area contributed by atoms with Crippen LogP contribution in [-0.2, 0) is 0 Å². The van der Waals surface area contributed by atoms with Crippen LogP contribution in [-0.4, -0.2) is 17.6 Å². The van der Waals surface area contributed by atoms with Crippen LogP contribution in [0.15, 0.2) is 30.3 Å². The van der Waals surface area contributed by atoms with Gasteiger partial charge >= 0.3 is 0 Å². The zero-order valence-electron chi connectivity index (χ0n) is 9.74. The normalized spacial score (nSPS) is 12.6. The van der Waals surface area contributed by atoms with Crippen LogP contribution in [0.25, 0.3) is 0 Å². The maximum Gasteiger partial charge on any atom is 0.0431 e. The van der Waals surface area contributed by atoms with Gasteiger partial charge in [0, 0.05) is 12.5 Å². The third kappa shape index (κ3) is 5.00. The average molecular weight is 241 g/mol. The van der Waals surface area contributed by atoms with Gasteiger partial charge in [0.1, 0.15) is 0 Å². The average Bonchev–Trinajstić information content (AvgIpc) is 2.35. The zero-order chi connectivity index (χ0) is 11.6. The van der Waals surface area contributed by atoms with Gasteiger partial charge in [0.05, 0.1) is 0 Å². The fraction of sp³-hybridized carbons (Fsp3) is 0.571. The first kappa shape index (κ1) is 13.5. The number of hydrogen-bond donors (Lipinski definition) is 1. The molecule has 1 unspecified atom stereocenters. The lowest BCUT2D eigenvalue weighted by Gasteiger charge is -2.16. The van der Waals surface area contributed by atoms with E-state index in [2.05, 4.69) is 24.3 Å². The number of benzene rings is 1. The van der Waals surface area contributed by atoms with Gasteiger partial charge in [-0.1, -0.05) is 36.8 Å². The van der Waals surface area contributed by atoms with Gasteiger partial charge in [0.15, 0.2) is 0 Å². The summed E-state index contributed by atoms with van der Waals surface area (Å²) in [4.78, 5) is 0. The van der Waals surface area contributed by atoms with E-state index in [1.165, 1.54) is 18.4 Å². The highest BCUT2D eigenvalue weighted by atomic mass is 35.5. The quantitative estimate of drug-likeness (QED) is 0.539. The minimum atomic E-state index is 0.291. The lowest BCUT2D eigenvalue weighted by atomic mass is 9.90. The lowest BCUT2D eigenvalue weighted by molar-refractivity contribution is 0.278. The van der Waals surface area contributed by atoms with E-state index in [0.29, 0.717) is 12.5 Å². The third-order valence-electron chi connectivity index (χ3n) is 2.92. The Morgan fingerprint density at radius 3 is 2.31 bits per heavy atom. The number of hydrogen-bond acceptors (Lipinski definition) is 1. The Morgan fingerprint density at radius 1 is 1.00 bits per heavy atom. The van der Waals surface area contributed by atoms with Gasteiger partial charge < -0.3 is 5.11 Å². The summed E-state index contributed by atoms with van der Waals surface area (Å²) in [5.74, 6) is 1.33. The molecule has 1 atom stereocenters. The summed E-state index contributed by atoms with van der Waals surface area (Å²) in [6, 6.07) is 10.6. The highest BCUT2D eigenvalue weighted by Gasteiger charge is 2.10. The molecule has 1 aromatic carbocycles. The summed E-state index contributed by atoms with van der Waals surface area (Å²) >= 11 is 5.70. The Bertz CT molecular complexity index is 261. The molecule has 2 heteroatoms. The molecular weight excluding hydrogens is 220 g/mol. The van der Waals surface area contributed by atoms with Crippen molar-refractivity contribution in [1.82, 2.24) is 0 Å². The highest BCUT2D eigenvalue weighted by Crippen LogP contribution is 2.26. The van der Waals surface area contributed by atoms with Crippen molar-refractivity contribution >= 4 is 11.6 Å². The topological polar surface area (TPSA) is 20.2 Å². The van der Waals surface area contributed by atoms with Crippen LogP contribution >= 0.6 is 11.6 Å². The van der Waals surface area contributed by atoms with Crippen LogP contribution in [0.1, 0.15) is 43.6 Å². The van der Waals surface area contributed by atoms with Crippen LogP contribution < -0.4 is 0 Å². The van der Waals surface area contributed by atoms with Crippen molar-refractivity contribution in [2.45, 2.75) is 38.0 Å². The molecule has 0 aliphatic rings. The number of unbranched alkanes of at least 4 members (excludes halogenated alkanes) is 1. The Labute approximate surface area is 103 Å². The van der Waals surface area contributed by atoms with E-state index in [1.807, 2.05) is 6.07 Å². The van der Waals surface area contributed by atoms with Gasteiger partial charge in [0.25, 0.3) is 0 Å². The molecule has 0 radical (unpaired) electrons. The smallest absolute Gasteiger partial charge is 0.0431 e. The SMILES string of the molecule is OCCCC(CCCCCl)c1ccccc1. The predicted octanol–water partition coefficient (Wildman–Crippen LogP) is 3.95. The summed E-state index contributed by atoms with van der Waals surface area (Å²) < 4.78 is 0. The summed E-state index contributed by atoms with van der Waals surface area (Å²) in [6.07, 6.45) is 5.40. The molecule has 0 spiro atoms. The molecule has 0 bridgehead atoms. The zero-order valence-corrected chi connectivity index (χ0v) is 10.5. The van der Waals surface area contributed by atoms with E-state index < -0.39 is 0 Å². The molecule has 0 amide bonds. The molecule has 0 heterocycles. The Morgan fingerprint density at radius 2 is 1.69 bits per heavy atom. The molecule has 1 nitrogen and oxygen atoms in total. The molecular formula is C14H21ClO. The second-order valence-electron chi connectivity index (χ2n) is 4.16. The van der Waals surface area contributed by atoms with Crippen LogP contribution in [0.2, 0.25) is 0 Å². The van der Waals surface area contributed by atoms with E-state index in [1.54, 1.807) is 0 Å². The maximum absolute atomic E-state index is 8.91. The van der Waals surface area contributed by atoms with Crippen LogP contribution in [0.5, 0.6) is 0 Å². The molecule has 1 rings (SSSR count). The van der Waals surface area contributed by atoms with E-state index >= 15 is 0 Å². The molecule has 0 aliphatic carbocycles. The minimum absolute atomic E-state index is 0.291. The van der Waals surface area contributed by atoms with Gasteiger partial charge in [-0.2, -0.15) is 0 Å². The largest absolute Gasteiger partial charge is 0.396 e. The first-order valence-electron chi connectivity index (χ1n) is 6.10. The van der Waals surface area contributed by atoms with E-state index in [0.717, 1.165) is 25.1 Å². The fourth-order valence-corrected chi connectivity index (χ4v) is 2.21. The molecule has 0 saturated carbocycles. The molecule has 0 aliphatic heterocycles. The summed E-state index contributed by atoms with van der Waals surface area (Å²) in [5, 5.41) is 8.91. The van der Waals surface area contributed by atoms with Crippen molar-refractivity contribution in [3.8, 4) is 0 Å². The standard InChI is InChI=1S/C14H21ClO/c15-11-5-4-9-14(10-6-12-16)13-7-2-1-3-8-13/h1-3,7-8,14,16H,4-6,9-12H2. The van der Waals surface area contributed by atoms with Crippen LogP contribution in [0, 0.1) is 0 Å². The Kier molecular flexibility index (Phi) is 7.28. The predicted molar refractivity (Wildman–Crippen MR) is 70.1 cm³/mol. The summed E-state index contributed by atoms with van der Waals surface area (Å²) in [5.41, 5.74) is 1.39. The Balaban J connectivity index is 2.49. The van der Waals surface area contributed by atoms with Gasteiger partial charge in [-0.15, -0.1) is 11.6 Å². The summed E-state index contributed by atoms with van der Waals surface area (Å²) in [7, 11) is 0. The monoisotopic (exact) mass is 240 g/mol. The van der Waals surface area contributed by atoms with Crippen molar-refractivity contribution < 1.29 is 5.11 Å². The van der Waals surface area contributed by atoms with Crippen molar-refractivity contribution in [2.75, 3.05) is 12.5 Å². The highest BCUT2D eigenvalue weighted by molar-refractivity contribution is 6.17. The van der Waals surface area contributed by atoms with Gasteiger partial charge in [0.2, 0.25) is 0 Å². The van der Waals surface area contributed by atoms with Crippen molar-refractivity contribution in [3.05, 3.63) is 35.9 Å². The molecule has 0 aromatic heterocycles. The van der Waals surface area contributed by atoms with Crippen molar-refractivity contribution in [2.24, 2.45) is 0 Å².